The highest BCUT2D eigenvalue weighted by Crippen LogP contribution is 2.40. The lowest BCUT2D eigenvalue weighted by Gasteiger charge is -2.36. The van der Waals surface area contributed by atoms with Gasteiger partial charge in [-0.3, -0.25) is 0 Å². The highest BCUT2D eigenvalue weighted by atomic mass is 35.5. The molecule has 8 heteroatoms. The molecule has 7 nitrogen and oxygen atoms in total. The molecule has 0 atom stereocenters. The van der Waals surface area contributed by atoms with E-state index in [0.717, 1.165) is 34.1 Å². The van der Waals surface area contributed by atoms with Crippen LogP contribution in [0.3, 0.4) is 0 Å². The Morgan fingerprint density at radius 1 is 1.00 bits per heavy atom. The average Bonchev–Trinajstić information content (AvgIpc) is 3.01. The summed E-state index contributed by atoms with van der Waals surface area (Å²) in [5.41, 5.74) is 3.49. The van der Waals surface area contributed by atoms with Gasteiger partial charge in [-0.15, -0.1) is 0 Å². The quantitative estimate of drug-likeness (QED) is 0.516. The zero-order chi connectivity index (χ0) is 23.7. The Balaban J connectivity index is 1.37. The zero-order valence-electron chi connectivity index (χ0n) is 19.0. The van der Waals surface area contributed by atoms with Crippen LogP contribution in [0.5, 0.6) is 17.2 Å². The number of amides is 2. The molecule has 1 saturated heterocycles. The first-order chi connectivity index (χ1) is 16.5. The Labute approximate surface area is 203 Å². The maximum Gasteiger partial charge on any atom is 0.321 e. The number of carbonyl (C=O) groups is 1. The molecule has 174 valence electrons. The predicted octanol–water partition coefficient (Wildman–Crippen LogP) is 5.69. The molecular weight excluding hydrogens is 452 g/mol. The first kappa shape index (κ1) is 22.1. The largest absolute Gasteiger partial charge is 0.497 e. The molecule has 2 aliphatic rings. The summed E-state index contributed by atoms with van der Waals surface area (Å²) in [5, 5.41) is 3.57. The van der Waals surface area contributed by atoms with Crippen molar-refractivity contribution in [2.75, 3.05) is 38.6 Å². The van der Waals surface area contributed by atoms with E-state index in [2.05, 4.69) is 10.2 Å². The van der Waals surface area contributed by atoms with Gasteiger partial charge in [0.2, 0.25) is 0 Å². The molecule has 0 aromatic heterocycles. The zero-order valence-corrected chi connectivity index (χ0v) is 19.8. The summed E-state index contributed by atoms with van der Waals surface area (Å²) in [7, 11) is 1.64. The number of halogens is 1. The SMILES string of the molecule is COc1ccc2c(c1)Oc1cc(C)ccc1N=C2N1CCN(C(=O)Nc2ccc(Cl)cc2)CC1. The summed E-state index contributed by atoms with van der Waals surface area (Å²) in [5.74, 6) is 2.96. The second-order valence-electron chi connectivity index (χ2n) is 8.28. The number of anilines is 1. The molecule has 0 spiro atoms. The van der Waals surface area contributed by atoms with Gasteiger partial charge in [-0.2, -0.15) is 0 Å². The molecule has 0 saturated carbocycles. The minimum atomic E-state index is -0.126. The van der Waals surface area contributed by atoms with Gasteiger partial charge in [0, 0.05) is 43.0 Å². The molecule has 3 aromatic carbocycles. The lowest BCUT2D eigenvalue weighted by Crippen LogP contribution is -2.51. The van der Waals surface area contributed by atoms with E-state index in [-0.39, 0.29) is 6.03 Å². The van der Waals surface area contributed by atoms with Gasteiger partial charge in [0.1, 0.15) is 23.0 Å². The fraction of sp³-hybridized carbons (Fsp3) is 0.231. The molecule has 0 unspecified atom stereocenters. The minimum Gasteiger partial charge on any atom is -0.497 e. The first-order valence-electron chi connectivity index (χ1n) is 11.1. The molecule has 1 fully saturated rings. The standard InChI is InChI=1S/C26H25ClN4O3/c1-17-3-10-22-24(15-17)34-23-16-20(33-2)8-9-21(23)25(29-22)30-11-13-31(14-12-30)26(32)28-19-6-4-18(27)5-7-19/h3-10,15-16H,11-14H2,1-2H3,(H,28,32). The van der Waals surface area contributed by atoms with E-state index in [9.17, 15) is 4.79 Å². The van der Waals surface area contributed by atoms with Crippen molar-refractivity contribution < 1.29 is 14.3 Å². The van der Waals surface area contributed by atoms with Crippen molar-refractivity contribution in [1.82, 2.24) is 9.80 Å². The molecule has 1 N–H and O–H groups in total. The maximum atomic E-state index is 12.8. The fourth-order valence-electron chi connectivity index (χ4n) is 4.09. The van der Waals surface area contributed by atoms with Gasteiger partial charge < -0.3 is 24.6 Å². The summed E-state index contributed by atoms with van der Waals surface area (Å²) in [6, 6.07) is 18.7. The highest BCUT2D eigenvalue weighted by Gasteiger charge is 2.28. The average molecular weight is 477 g/mol. The number of carbonyl (C=O) groups excluding carboxylic acids is 1. The number of ether oxygens (including phenoxy) is 2. The van der Waals surface area contributed by atoms with E-state index in [0.29, 0.717) is 42.7 Å². The molecule has 34 heavy (non-hydrogen) atoms. The van der Waals surface area contributed by atoms with E-state index in [4.69, 9.17) is 26.1 Å². The van der Waals surface area contributed by atoms with Crippen LogP contribution in [0.25, 0.3) is 0 Å². The Morgan fingerprint density at radius 2 is 1.76 bits per heavy atom. The number of aliphatic imine (C=N–C) groups is 1. The van der Waals surface area contributed by atoms with Gasteiger partial charge >= 0.3 is 6.03 Å². The normalized spacial score (nSPS) is 14.9. The number of amidine groups is 1. The molecule has 2 heterocycles. The van der Waals surface area contributed by atoms with Crippen LogP contribution >= 0.6 is 11.6 Å². The van der Waals surface area contributed by atoms with Gasteiger partial charge in [-0.1, -0.05) is 17.7 Å². The van der Waals surface area contributed by atoms with Crippen molar-refractivity contribution in [1.29, 1.82) is 0 Å². The van der Waals surface area contributed by atoms with Gasteiger partial charge in [-0.05, 0) is 61.0 Å². The van der Waals surface area contributed by atoms with Crippen LogP contribution in [0.1, 0.15) is 11.1 Å². The van der Waals surface area contributed by atoms with Crippen molar-refractivity contribution >= 4 is 34.8 Å². The summed E-state index contributed by atoms with van der Waals surface area (Å²) < 4.78 is 11.7. The highest BCUT2D eigenvalue weighted by molar-refractivity contribution is 6.30. The molecule has 0 aliphatic carbocycles. The van der Waals surface area contributed by atoms with Crippen LogP contribution in [0.2, 0.25) is 5.02 Å². The number of piperazine rings is 1. The topological polar surface area (TPSA) is 66.4 Å². The summed E-state index contributed by atoms with van der Waals surface area (Å²) in [6.07, 6.45) is 0. The van der Waals surface area contributed by atoms with E-state index in [1.54, 1.807) is 31.4 Å². The number of urea groups is 1. The van der Waals surface area contributed by atoms with Crippen LogP contribution in [0, 0.1) is 6.92 Å². The number of aryl methyl sites for hydroxylation is 1. The van der Waals surface area contributed by atoms with Gasteiger partial charge in [0.15, 0.2) is 5.75 Å². The second-order valence-corrected chi connectivity index (χ2v) is 8.72. The number of hydrogen-bond acceptors (Lipinski definition) is 5. The predicted molar refractivity (Wildman–Crippen MR) is 134 cm³/mol. The fourth-order valence-corrected chi connectivity index (χ4v) is 4.21. The first-order valence-corrected chi connectivity index (χ1v) is 11.5. The van der Waals surface area contributed by atoms with Gasteiger partial charge in [-0.25, -0.2) is 9.79 Å². The summed E-state index contributed by atoms with van der Waals surface area (Å²) in [6.45, 7) is 4.48. The van der Waals surface area contributed by atoms with Gasteiger partial charge in [0.25, 0.3) is 0 Å². The molecule has 3 aromatic rings. The van der Waals surface area contributed by atoms with Crippen LogP contribution in [-0.4, -0.2) is 55.0 Å². The molecule has 0 bridgehead atoms. The molecular formula is C26H25ClN4O3. The van der Waals surface area contributed by atoms with E-state index in [1.807, 2.05) is 48.2 Å². The molecule has 5 rings (SSSR count). The van der Waals surface area contributed by atoms with E-state index < -0.39 is 0 Å². The van der Waals surface area contributed by atoms with Crippen LogP contribution in [-0.2, 0) is 0 Å². The Hall–Kier alpha value is -3.71. The lowest BCUT2D eigenvalue weighted by molar-refractivity contribution is 0.181. The van der Waals surface area contributed by atoms with Crippen molar-refractivity contribution in [3.05, 3.63) is 76.8 Å². The third-order valence-corrected chi connectivity index (χ3v) is 6.21. The number of benzene rings is 3. The van der Waals surface area contributed by atoms with Crippen LogP contribution in [0.4, 0.5) is 16.2 Å². The molecule has 2 amide bonds. The minimum absolute atomic E-state index is 0.126. The van der Waals surface area contributed by atoms with Gasteiger partial charge in [0.05, 0.1) is 12.7 Å². The number of nitrogens with zero attached hydrogens (tertiary/aromatic N) is 3. The van der Waals surface area contributed by atoms with Crippen LogP contribution < -0.4 is 14.8 Å². The summed E-state index contributed by atoms with van der Waals surface area (Å²) >= 11 is 5.93. The van der Waals surface area contributed by atoms with E-state index in [1.165, 1.54) is 0 Å². The number of rotatable bonds is 2. The van der Waals surface area contributed by atoms with Crippen LogP contribution in [0.15, 0.2) is 65.7 Å². The van der Waals surface area contributed by atoms with Crippen molar-refractivity contribution in [2.45, 2.75) is 6.92 Å². The number of hydrogen-bond donors (Lipinski definition) is 1. The van der Waals surface area contributed by atoms with Crippen molar-refractivity contribution in [2.24, 2.45) is 4.99 Å². The third kappa shape index (κ3) is 4.52. The van der Waals surface area contributed by atoms with Crippen molar-refractivity contribution in [3.8, 4) is 17.2 Å². The third-order valence-electron chi connectivity index (χ3n) is 5.95. The smallest absolute Gasteiger partial charge is 0.321 e. The lowest BCUT2D eigenvalue weighted by atomic mass is 10.1. The Morgan fingerprint density at radius 3 is 2.50 bits per heavy atom. The Bertz CT molecular complexity index is 1250. The summed E-state index contributed by atoms with van der Waals surface area (Å²) in [4.78, 5) is 21.8. The molecule has 2 aliphatic heterocycles. The Kier molecular flexibility index (Phi) is 6.02. The number of nitrogens with one attached hydrogen (secondary N) is 1. The number of methoxy groups -OCH3 is 1. The monoisotopic (exact) mass is 476 g/mol. The second kappa shape index (κ2) is 9.27. The number of fused-ring (bicyclic) bond motifs is 2. The molecule has 0 radical (unpaired) electrons. The maximum absolute atomic E-state index is 12.8. The van der Waals surface area contributed by atoms with Crippen molar-refractivity contribution in [3.63, 3.8) is 0 Å². The van der Waals surface area contributed by atoms with E-state index >= 15 is 0 Å².